The van der Waals surface area contributed by atoms with Crippen molar-refractivity contribution in [3.05, 3.63) is 40.3 Å². The highest BCUT2D eigenvalue weighted by molar-refractivity contribution is 6.35. The number of methoxy groups -OCH3 is 1. The molecule has 0 aliphatic heterocycles. The van der Waals surface area contributed by atoms with Crippen LogP contribution in [0.4, 0.5) is 0 Å². The molecule has 108 valence electrons. The third-order valence-electron chi connectivity index (χ3n) is 2.70. The van der Waals surface area contributed by atoms with Gasteiger partial charge in [-0.25, -0.2) is 4.98 Å². The second-order valence-corrected chi connectivity index (χ2v) is 5.14. The van der Waals surface area contributed by atoms with Crippen LogP contribution in [0.3, 0.4) is 0 Å². The van der Waals surface area contributed by atoms with Gasteiger partial charge in [0.2, 0.25) is 0 Å². The summed E-state index contributed by atoms with van der Waals surface area (Å²) in [4.78, 5) is 4.25. The number of oxazole rings is 1. The quantitative estimate of drug-likeness (QED) is 0.795. The highest BCUT2D eigenvalue weighted by Gasteiger charge is 2.08. The Hall–Kier alpha value is -1.07. The summed E-state index contributed by atoms with van der Waals surface area (Å²) < 4.78 is 10.6. The minimum Gasteiger partial charge on any atom is -0.441 e. The van der Waals surface area contributed by atoms with Crippen LogP contribution in [0.15, 0.2) is 28.8 Å². The molecule has 4 nitrogen and oxygen atoms in total. The van der Waals surface area contributed by atoms with Crippen molar-refractivity contribution in [3.63, 3.8) is 0 Å². The monoisotopic (exact) mass is 314 g/mol. The van der Waals surface area contributed by atoms with Crippen molar-refractivity contribution in [2.75, 3.05) is 26.8 Å². The Balaban J connectivity index is 1.94. The Morgan fingerprint density at radius 2 is 1.95 bits per heavy atom. The molecule has 0 saturated heterocycles. The maximum atomic E-state index is 5.97. The molecule has 0 atom stereocenters. The first-order valence-corrected chi connectivity index (χ1v) is 7.05. The minimum absolute atomic E-state index is 0.576. The highest BCUT2D eigenvalue weighted by atomic mass is 35.5. The van der Waals surface area contributed by atoms with Crippen LogP contribution >= 0.6 is 23.2 Å². The van der Waals surface area contributed by atoms with Gasteiger partial charge >= 0.3 is 0 Å². The lowest BCUT2D eigenvalue weighted by atomic mass is 10.2. The van der Waals surface area contributed by atoms with Gasteiger partial charge in [-0.3, -0.25) is 0 Å². The van der Waals surface area contributed by atoms with Gasteiger partial charge in [0.25, 0.3) is 0 Å². The van der Waals surface area contributed by atoms with Gasteiger partial charge in [-0.2, -0.15) is 0 Å². The molecular formula is C14H16Cl2N2O2. The Morgan fingerprint density at radius 1 is 1.20 bits per heavy atom. The van der Waals surface area contributed by atoms with Crippen molar-refractivity contribution in [1.82, 2.24) is 10.3 Å². The van der Waals surface area contributed by atoms with Crippen LogP contribution < -0.4 is 5.32 Å². The molecule has 0 fully saturated rings. The lowest BCUT2D eigenvalue weighted by Gasteiger charge is -2.01. The zero-order valence-electron chi connectivity index (χ0n) is 11.2. The molecule has 1 aromatic carbocycles. The van der Waals surface area contributed by atoms with Crippen LogP contribution in [0, 0.1) is 0 Å². The van der Waals surface area contributed by atoms with E-state index in [-0.39, 0.29) is 0 Å². The van der Waals surface area contributed by atoms with Crippen molar-refractivity contribution in [1.29, 1.82) is 0 Å². The number of benzene rings is 1. The molecule has 2 aromatic rings. The number of hydrogen-bond acceptors (Lipinski definition) is 4. The van der Waals surface area contributed by atoms with Crippen molar-refractivity contribution < 1.29 is 9.15 Å². The van der Waals surface area contributed by atoms with E-state index in [0.717, 1.165) is 25.1 Å². The van der Waals surface area contributed by atoms with Crippen molar-refractivity contribution in [3.8, 4) is 11.3 Å². The van der Waals surface area contributed by atoms with Crippen LogP contribution in [-0.4, -0.2) is 31.8 Å². The molecule has 0 amide bonds. The van der Waals surface area contributed by atoms with Crippen LogP contribution in [0.5, 0.6) is 0 Å². The first kappa shape index (κ1) is 15.3. The lowest BCUT2D eigenvalue weighted by Crippen LogP contribution is -2.21. The van der Waals surface area contributed by atoms with Gasteiger partial charge in [0.05, 0.1) is 12.8 Å². The standard InChI is InChI=1S/C14H16Cl2N2O2/c1-19-5-4-17-3-2-14-18-9-13(20-14)10-6-11(15)8-12(16)7-10/h6-9,17H,2-5H2,1H3. The third kappa shape index (κ3) is 4.49. The molecule has 6 heteroatoms. The Kier molecular flexibility index (Phi) is 5.86. The van der Waals surface area contributed by atoms with E-state index in [1.165, 1.54) is 0 Å². The van der Waals surface area contributed by atoms with E-state index in [4.69, 9.17) is 32.4 Å². The van der Waals surface area contributed by atoms with Gasteiger partial charge in [-0.15, -0.1) is 0 Å². The fourth-order valence-corrected chi connectivity index (χ4v) is 2.28. The molecule has 20 heavy (non-hydrogen) atoms. The zero-order valence-corrected chi connectivity index (χ0v) is 12.7. The first-order chi connectivity index (χ1) is 9.69. The average Bonchev–Trinajstić information content (AvgIpc) is 2.86. The van der Waals surface area contributed by atoms with Gasteiger partial charge in [0.15, 0.2) is 11.7 Å². The second-order valence-electron chi connectivity index (χ2n) is 4.27. The third-order valence-corrected chi connectivity index (χ3v) is 3.14. The molecule has 1 heterocycles. The number of ether oxygens (including phenoxy) is 1. The van der Waals surface area contributed by atoms with Gasteiger partial charge < -0.3 is 14.5 Å². The maximum Gasteiger partial charge on any atom is 0.196 e. The number of halogens is 2. The molecule has 0 bridgehead atoms. The summed E-state index contributed by atoms with van der Waals surface area (Å²) >= 11 is 11.9. The van der Waals surface area contributed by atoms with Crippen molar-refractivity contribution >= 4 is 23.2 Å². The van der Waals surface area contributed by atoms with Gasteiger partial charge in [-0.1, -0.05) is 23.2 Å². The largest absolute Gasteiger partial charge is 0.441 e. The topological polar surface area (TPSA) is 47.3 Å². The maximum absolute atomic E-state index is 5.97. The van der Waals surface area contributed by atoms with Crippen LogP contribution in [0.1, 0.15) is 5.89 Å². The van der Waals surface area contributed by atoms with E-state index < -0.39 is 0 Å². The SMILES string of the molecule is COCCNCCc1ncc(-c2cc(Cl)cc(Cl)c2)o1. The zero-order chi connectivity index (χ0) is 14.4. The lowest BCUT2D eigenvalue weighted by molar-refractivity contribution is 0.199. The molecule has 0 radical (unpaired) electrons. The Morgan fingerprint density at radius 3 is 2.65 bits per heavy atom. The number of nitrogens with one attached hydrogen (secondary N) is 1. The Labute approximate surface area is 128 Å². The van der Waals surface area contributed by atoms with E-state index in [1.54, 1.807) is 31.5 Å². The number of rotatable bonds is 7. The molecule has 1 N–H and O–H groups in total. The number of hydrogen-bond donors (Lipinski definition) is 1. The number of aromatic nitrogens is 1. The van der Waals surface area contributed by atoms with Crippen molar-refractivity contribution in [2.24, 2.45) is 0 Å². The molecule has 0 unspecified atom stereocenters. The predicted molar refractivity (Wildman–Crippen MR) is 80.4 cm³/mol. The molecular weight excluding hydrogens is 299 g/mol. The molecule has 1 aromatic heterocycles. The van der Waals surface area contributed by atoms with Crippen LogP contribution in [0.25, 0.3) is 11.3 Å². The molecule has 0 saturated carbocycles. The van der Waals surface area contributed by atoms with Crippen LogP contribution in [0.2, 0.25) is 10.0 Å². The highest BCUT2D eigenvalue weighted by Crippen LogP contribution is 2.27. The fraction of sp³-hybridized carbons (Fsp3) is 0.357. The summed E-state index contributed by atoms with van der Waals surface area (Å²) in [5.74, 6) is 1.35. The number of nitrogens with zero attached hydrogens (tertiary/aromatic N) is 1. The summed E-state index contributed by atoms with van der Waals surface area (Å²) in [6.07, 6.45) is 2.41. The molecule has 0 aliphatic carbocycles. The van der Waals surface area contributed by atoms with E-state index >= 15 is 0 Å². The Bertz CT molecular complexity index is 538. The van der Waals surface area contributed by atoms with Gasteiger partial charge in [0.1, 0.15) is 0 Å². The minimum atomic E-state index is 0.576. The van der Waals surface area contributed by atoms with E-state index in [2.05, 4.69) is 10.3 Å². The molecule has 2 rings (SSSR count). The van der Waals surface area contributed by atoms with Crippen LogP contribution in [-0.2, 0) is 11.2 Å². The van der Waals surface area contributed by atoms with E-state index in [9.17, 15) is 0 Å². The smallest absolute Gasteiger partial charge is 0.196 e. The van der Waals surface area contributed by atoms with E-state index in [0.29, 0.717) is 28.3 Å². The normalized spacial score (nSPS) is 10.9. The fourth-order valence-electron chi connectivity index (χ4n) is 1.75. The van der Waals surface area contributed by atoms with Gasteiger partial charge in [0, 0.05) is 42.2 Å². The average molecular weight is 315 g/mol. The molecule has 0 spiro atoms. The summed E-state index contributed by atoms with van der Waals surface area (Å²) in [6, 6.07) is 5.28. The summed E-state index contributed by atoms with van der Waals surface area (Å²) in [5, 5.41) is 4.39. The molecule has 0 aliphatic rings. The summed E-state index contributed by atoms with van der Waals surface area (Å²) in [6.45, 7) is 2.30. The van der Waals surface area contributed by atoms with Gasteiger partial charge in [-0.05, 0) is 18.2 Å². The van der Waals surface area contributed by atoms with Crippen molar-refractivity contribution in [2.45, 2.75) is 6.42 Å². The summed E-state index contributed by atoms with van der Waals surface area (Å²) in [7, 11) is 1.68. The van der Waals surface area contributed by atoms with E-state index in [1.807, 2.05) is 0 Å². The first-order valence-electron chi connectivity index (χ1n) is 6.30. The summed E-state index contributed by atoms with van der Waals surface area (Å²) in [5.41, 5.74) is 0.827. The predicted octanol–water partition coefficient (Wildman–Crippen LogP) is 3.43. The second kappa shape index (κ2) is 7.64.